The van der Waals surface area contributed by atoms with Crippen LogP contribution in [0.3, 0.4) is 0 Å². The van der Waals surface area contributed by atoms with E-state index in [9.17, 15) is 9.90 Å². The maximum Gasteiger partial charge on any atom is 0.137 e. The van der Waals surface area contributed by atoms with Crippen molar-refractivity contribution < 1.29 is 9.90 Å². The van der Waals surface area contributed by atoms with E-state index in [1.807, 2.05) is 0 Å². The summed E-state index contributed by atoms with van der Waals surface area (Å²) in [5.41, 5.74) is 4.93. The second kappa shape index (κ2) is 6.52. The Balaban J connectivity index is 2.57. The summed E-state index contributed by atoms with van der Waals surface area (Å²) in [5.74, 6) is 0.362. The number of carbonyl (C=O) groups is 1. The van der Waals surface area contributed by atoms with E-state index in [-0.39, 0.29) is 6.04 Å². The van der Waals surface area contributed by atoms with E-state index in [1.54, 1.807) is 0 Å². The van der Waals surface area contributed by atoms with Gasteiger partial charge in [-0.3, -0.25) is 4.48 Å². The van der Waals surface area contributed by atoms with Crippen LogP contribution in [0.2, 0.25) is 0 Å². The number of benzene rings is 1. The lowest BCUT2D eigenvalue weighted by atomic mass is 9.86. The molecule has 23 heavy (non-hydrogen) atoms. The van der Waals surface area contributed by atoms with E-state index in [1.165, 1.54) is 27.3 Å². The minimum Gasteiger partial charge on any atom is -0.530 e. The van der Waals surface area contributed by atoms with Crippen LogP contribution in [0.5, 0.6) is 0 Å². The van der Waals surface area contributed by atoms with Crippen LogP contribution in [0.4, 0.5) is 10.5 Å². The van der Waals surface area contributed by atoms with Gasteiger partial charge in [0.2, 0.25) is 0 Å². The van der Waals surface area contributed by atoms with Gasteiger partial charge in [0.05, 0.1) is 27.2 Å². The number of quaternary nitrogens is 1. The topological polar surface area (TPSA) is 43.4 Å². The van der Waals surface area contributed by atoms with Crippen LogP contribution < -0.4 is 9.59 Å². The molecular weight excluding hydrogens is 288 g/mol. The summed E-state index contributed by atoms with van der Waals surface area (Å²) in [6.45, 7) is 7.07. The molecule has 1 fully saturated rings. The Morgan fingerprint density at radius 2 is 1.91 bits per heavy atom. The van der Waals surface area contributed by atoms with E-state index < -0.39 is 6.09 Å². The van der Waals surface area contributed by atoms with Gasteiger partial charge in [0.15, 0.2) is 0 Å². The van der Waals surface area contributed by atoms with Crippen LogP contribution in [0.15, 0.2) is 12.1 Å². The Morgan fingerprint density at radius 3 is 2.43 bits per heavy atom. The molecule has 1 aliphatic heterocycles. The fraction of sp³-hybridized carbons (Fsp3) is 0.632. The highest BCUT2D eigenvalue weighted by Crippen LogP contribution is 2.39. The molecule has 1 aromatic rings. The van der Waals surface area contributed by atoms with Crippen molar-refractivity contribution in [1.82, 2.24) is 9.38 Å². The van der Waals surface area contributed by atoms with Crippen molar-refractivity contribution in [3.05, 3.63) is 28.8 Å². The molecule has 1 heterocycles. The number of piperidine rings is 1. The summed E-state index contributed by atoms with van der Waals surface area (Å²) in [4.78, 5) is 13.1. The summed E-state index contributed by atoms with van der Waals surface area (Å²) in [7, 11) is 6.50. The normalized spacial score (nSPS) is 19.3. The Hall–Kier alpha value is -1.55. The number of likely N-dealkylation sites (tertiary alicyclic amines) is 1. The first-order valence-corrected chi connectivity index (χ1v) is 8.57. The molecular formula is C19H30N2O2. The van der Waals surface area contributed by atoms with Gasteiger partial charge in [0.1, 0.15) is 11.8 Å². The fourth-order valence-electron chi connectivity index (χ4n) is 3.72. The molecule has 0 spiro atoms. The number of nitrogens with zero attached hydrogens (tertiary/aromatic N) is 2. The zero-order chi connectivity index (χ0) is 17.4. The van der Waals surface area contributed by atoms with Crippen LogP contribution in [0.25, 0.3) is 0 Å². The smallest absolute Gasteiger partial charge is 0.137 e. The predicted octanol–water partition coefficient (Wildman–Crippen LogP) is 3.19. The van der Waals surface area contributed by atoms with Crippen molar-refractivity contribution in [2.75, 3.05) is 27.7 Å². The van der Waals surface area contributed by atoms with Gasteiger partial charge in [-0.05, 0) is 49.3 Å². The Kier molecular flexibility index (Phi) is 5.04. The second-order valence-corrected chi connectivity index (χ2v) is 7.91. The molecule has 1 aliphatic rings. The summed E-state index contributed by atoms with van der Waals surface area (Å²) in [6.07, 6.45) is 1.84. The van der Waals surface area contributed by atoms with E-state index in [0.29, 0.717) is 12.5 Å². The first-order chi connectivity index (χ1) is 10.6. The van der Waals surface area contributed by atoms with Gasteiger partial charge in [-0.2, -0.15) is 0 Å². The average molecular weight is 318 g/mol. The highest BCUT2D eigenvalue weighted by atomic mass is 16.4. The number of amides is 1. The fourth-order valence-corrected chi connectivity index (χ4v) is 3.72. The van der Waals surface area contributed by atoms with Crippen molar-refractivity contribution in [3.63, 3.8) is 0 Å². The molecule has 1 atom stereocenters. The largest absolute Gasteiger partial charge is 0.530 e. The maximum atomic E-state index is 11.5. The minimum absolute atomic E-state index is 0.0635. The van der Waals surface area contributed by atoms with Crippen LogP contribution in [-0.2, 0) is 0 Å². The molecule has 1 amide bonds. The first kappa shape index (κ1) is 17.8. The van der Waals surface area contributed by atoms with Crippen LogP contribution in [0, 0.1) is 6.92 Å². The third-order valence-corrected chi connectivity index (χ3v) is 4.84. The number of carbonyl (C=O) groups excluding carboxylic acids is 1. The first-order valence-electron chi connectivity index (χ1n) is 8.57. The quantitative estimate of drug-likeness (QED) is 0.803. The SMILES string of the molecule is Cc1cc(C2CCCCN2C(=O)[O-])c(C(C)C)cc1[N+](C)(C)C. The lowest BCUT2D eigenvalue weighted by molar-refractivity contribution is -0.269. The highest BCUT2D eigenvalue weighted by Gasteiger charge is 2.29. The molecule has 0 bridgehead atoms. The molecule has 0 saturated carbocycles. The van der Waals surface area contributed by atoms with Crippen molar-refractivity contribution in [2.24, 2.45) is 0 Å². The van der Waals surface area contributed by atoms with Gasteiger partial charge in [-0.25, -0.2) is 0 Å². The summed E-state index contributed by atoms with van der Waals surface area (Å²) < 4.78 is 0.765. The Morgan fingerprint density at radius 1 is 1.26 bits per heavy atom. The number of rotatable bonds is 3. The van der Waals surface area contributed by atoms with E-state index >= 15 is 0 Å². The van der Waals surface area contributed by atoms with Crippen LogP contribution >= 0.6 is 0 Å². The van der Waals surface area contributed by atoms with Crippen molar-refractivity contribution >= 4 is 11.8 Å². The second-order valence-electron chi connectivity index (χ2n) is 7.91. The Labute approximate surface area is 140 Å². The number of aryl methyl sites for hydroxylation is 1. The molecule has 4 heteroatoms. The molecule has 4 nitrogen and oxygen atoms in total. The Bertz CT molecular complexity index is 588. The molecule has 0 aliphatic carbocycles. The van der Waals surface area contributed by atoms with Crippen molar-refractivity contribution in [1.29, 1.82) is 0 Å². The molecule has 128 valence electrons. The standard InChI is InChI=1S/C19H30N2O2/c1-13(2)15-12-18(21(4,5)6)14(3)11-16(15)17-9-7-8-10-20(17)19(22)23/h11-13,17H,7-10H2,1-6H3. The predicted molar refractivity (Wildman–Crippen MR) is 93.5 cm³/mol. The molecule has 2 rings (SSSR count). The minimum atomic E-state index is -1.04. The van der Waals surface area contributed by atoms with E-state index in [4.69, 9.17) is 0 Å². The molecule has 0 radical (unpaired) electrons. The molecule has 1 unspecified atom stereocenters. The van der Waals surface area contributed by atoms with E-state index in [0.717, 1.165) is 23.7 Å². The zero-order valence-corrected chi connectivity index (χ0v) is 15.3. The summed E-state index contributed by atoms with van der Waals surface area (Å²) in [5, 5.41) is 11.5. The average Bonchev–Trinajstić information content (AvgIpc) is 2.45. The van der Waals surface area contributed by atoms with Crippen LogP contribution in [-0.4, -0.2) is 38.7 Å². The van der Waals surface area contributed by atoms with Gasteiger partial charge >= 0.3 is 0 Å². The third-order valence-electron chi connectivity index (χ3n) is 4.84. The van der Waals surface area contributed by atoms with Crippen LogP contribution in [0.1, 0.15) is 61.8 Å². The molecule has 1 saturated heterocycles. The summed E-state index contributed by atoms with van der Waals surface area (Å²) >= 11 is 0. The number of hydrogen-bond donors (Lipinski definition) is 0. The summed E-state index contributed by atoms with van der Waals surface area (Å²) in [6, 6.07) is 4.42. The zero-order valence-electron chi connectivity index (χ0n) is 15.3. The van der Waals surface area contributed by atoms with Gasteiger partial charge < -0.3 is 14.8 Å². The lowest BCUT2D eigenvalue weighted by Crippen LogP contribution is -2.46. The third kappa shape index (κ3) is 3.69. The van der Waals surface area contributed by atoms with Gasteiger partial charge in [-0.15, -0.1) is 0 Å². The van der Waals surface area contributed by atoms with Gasteiger partial charge in [-0.1, -0.05) is 13.8 Å². The molecule has 0 N–H and O–H groups in total. The van der Waals surface area contributed by atoms with Crippen molar-refractivity contribution in [2.45, 2.75) is 52.0 Å². The van der Waals surface area contributed by atoms with Gasteiger partial charge in [0, 0.05) is 18.2 Å². The van der Waals surface area contributed by atoms with Crippen molar-refractivity contribution in [3.8, 4) is 0 Å². The number of carboxylic acid groups (broad SMARTS) is 1. The van der Waals surface area contributed by atoms with E-state index in [2.05, 4.69) is 54.0 Å². The highest BCUT2D eigenvalue weighted by molar-refractivity contribution is 5.64. The molecule has 1 aromatic carbocycles. The number of hydrogen-bond acceptors (Lipinski definition) is 2. The lowest BCUT2D eigenvalue weighted by Gasteiger charge is -2.40. The molecule has 0 aromatic heterocycles. The maximum absolute atomic E-state index is 11.5. The van der Waals surface area contributed by atoms with Gasteiger partial charge in [0.25, 0.3) is 0 Å². The monoisotopic (exact) mass is 318 g/mol.